The molecule has 0 radical (unpaired) electrons. The summed E-state index contributed by atoms with van der Waals surface area (Å²) in [6, 6.07) is 140. The van der Waals surface area contributed by atoms with E-state index in [1.165, 1.54) is 0 Å². The van der Waals surface area contributed by atoms with Crippen molar-refractivity contribution in [1.82, 2.24) is 0 Å². The second-order valence-corrected chi connectivity index (χ2v) is 35.9. The lowest BCUT2D eigenvalue weighted by atomic mass is 9.80. The van der Waals surface area contributed by atoms with Crippen LogP contribution in [0, 0.1) is 0 Å². The van der Waals surface area contributed by atoms with Gasteiger partial charge >= 0.3 is 0 Å². The number of rotatable bonds is 49. The van der Waals surface area contributed by atoms with Crippen LogP contribution in [0.4, 0.5) is 0 Å². The van der Waals surface area contributed by atoms with Crippen LogP contribution >= 0.6 is 0 Å². The fourth-order valence-corrected chi connectivity index (χ4v) is 18.7. The monoisotopic (exact) mass is 1910 g/mol. The van der Waals surface area contributed by atoms with Crippen LogP contribution in [0.3, 0.4) is 0 Å². The van der Waals surface area contributed by atoms with E-state index < -0.39 is 128 Å². The van der Waals surface area contributed by atoms with Crippen LogP contribution in [-0.4, -0.2) is 161 Å². The summed E-state index contributed by atoms with van der Waals surface area (Å²) in [5.41, 5.74) is 11.1. The Balaban J connectivity index is 0.774. The molecule has 4 heterocycles. The lowest BCUT2D eigenvalue weighted by Crippen LogP contribution is -2.67. The molecule has 0 aromatic heterocycles. The van der Waals surface area contributed by atoms with E-state index in [1.807, 2.05) is 388 Å². The minimum Gasteiger partial charge on any atom is -0.385 e. The highest BCUT2D eigenvalue weighted by molar-refractivity contribution is 5.48. The van der Waals surface area contributed by atoms with Crippen molar-refractivity contribution >= 4 is 0 Å². The van der Waals surface area contributed by atoms with Gasteiger partial charge in [-0.1, -0.05) is 425 Å². The van der Waals surface area contributed by atoms with Gasteiger partial charge in [0.05, 0.1) is 99.1 Å². The number of ether oxygens (including phenoxy) is 20. The molecule has 0 saturated carbocycles. The molecule has 4 aliphatic heterocycles. The normalized spacial score (nSPS) is 24.6. The molecule has 4 fully saturated rings. The third-order valence-electron chi connectivity index (χ3n) is 26.0. The highest BCUT2D eigenvalue weighted by Crippen LogP contribution is 2.44. The Labute approximate surface area is 832 Å². The summed E-state index contributed by atoms with van der Waals surface area (Å²) >= 11 is 0. The first-order valence-corrected chi connectivity index (χ1v) is 49.0. The number of hydrogen-bond acceptors (Lipinski definition) is 21. The number of hydrogen-bond donors (Lipinski definition) is 1. The molecular weight excluding hydrogens is 1790 g/mol. The zero-order valence-electron chi connectivity index (χ0n) is 79.7. The molecule has 142 heavy (non-hydrogen) atoms. The second-order valence-electron chi connectivity index (χ2n) is 35.9. The topological polar surface area (TPSA) is 205 Å². The van der Waals surface area contributed by atoms with Crippen LogP contribution in [0.15, 0.2) is 425 Å². The molecular formula is C121H124O21. The van der Waals surface area contributed by atoms with Gasteiger partial charge in [-0.25, -0.2) is 0 Å². The van der Waals surface area contributed by atoms with E-state index in [0.29, 0.717) is 0 Å². The highest BCUT2D eigenvalue weighted by Gasteiger charge is 2.58. The SMILES string of the molecule is CO[C@H]1O[C@H](CO[C@@H]2O[C@H](CO[C@@H]3O[C@H](COC(c4ccccc4)(c4ccccc4)c4ccccc4)[C@@H](OCc4ccccc4)[C@H](OCc4ccccc4)[C@H]3OCc3ccccc3)[C@@H](OCc3ccccc3)[C@H](O[C@@H]3O[C@H](COCc4ccccc4)[C@@H](OCc4ccccc4)[C@H](OCc4ccccc4)[C@H]3OCc3ccccc3)[C@H]2O)[C@@H](OCc2ccccc2)[C@H](OCc2ccccc2)[C@H]1OCc1ccccc1. The maximum Gasteiger partial charge on any atom is 0.187 e. The van der Waals surface area contributed by atoms with Crippen LogP contribution < -0.4 is 0 Å². The Kier molecular flexibility index (Phi) is 37.1. The largest absolute Gasteiger partial charge is 0.385 e. The summed E-state index contributed by atoms with van der Waals surface area (Å²) in [6.45, 7) is 0.478. The van der Waals surface area contributed by atoms with Gasteiger partial charge in [-0.2, -0.15) is 0 Å². The molecule has 14 aromatic carbocycles. The maximum absolute atomic E-state index is 14.4. The zero-order chi connectivity index (χ0) is 96.4. The van der Waals surface area contributed by atoms with E-state index in [4.69, 9.17) is 94.7 Å². The van der Waals surface area contributed by atoms with Gasteiger partial charge in [-0.05, 0) is 77.9 Å². The van der Waals surface area contributed by atoms with E-state index in [9.17, 15) is 5.11 Å². The smallest absolute Gasteiger partial charge is 0.187 e. The first kappa shape index (κ1) is 100. The number of methoxy groups -OCH3 is 1. The molecule has 4 saturated heterocycles. The molecule has 21 heteroatoms. The van der Waals surface area contributed by atoms with Gasteiger partial charge in [0, 0.05) is 7.11 Å². The molecule has 0 aliphatic carbocycles. The highest BCUT2D eigenvalue weighted by atomic mass is 16.8. The Morgan fingerprint density at radius 3 is 0.690 bits per heavy atom. The minimum absolute atomic E-state index is 0.0241. The first-order valence-electron chi connectivity index (χ1n) is 49.0. The summed E-state index contributed by atoms with van der Waals surface area (Å²) < 4.78 is 148. The molecule has 0 spiro atoms. The molecule has 21 nitrogen and oxygen atoms in total. The van der Waals surface area contributed by atoms with Crippen LogP contribution in [0.5, 0.6) is 0 Å². The van der Waals surface area contributed by atoms with Gasteiger partial charge in [0.25, 0.3) is 0 Å². The molecule has 1 N–H and O–H groups in total. The molecule has 0 unspecified atom stereocenters. The van der Waals surface area contributed by atoms with Gasteiger partial charge < -0.3 is 99.8 Å². The molecule has 734 valence electrons. The van der Waals surface area contributed by atoms with Crippen molar-refractivity contribution in [2.75, 3.05) is 33.5 Å². The van der Waals surface area contributed by atoms with Gasteiger partial charge in [0.1, 0.15) is 103 Å². The van der Waals surface area contributed by atoms with Crippen molar-refractivity contribution in [2.45, 2.75) is 201 Å². The molecule has 20 atom stereocenters. The average Bonchev–Trinajstić information content (AvgIpc) is 0.754. The van der Waals surface area contributed by atoms with E-state index in [-0.39, 0.29) is 99.1 Å². The number of benzene rings is 14. The van der Waals surface area contributed by atoms with Crippen molar-refractivity contribution in [3.05, 3.63) is 503 Å². The lowest BCUT2D eigenvalue weighted by molar-refractivity contribution is -0.383. The third-order valence-corrected chi connectivity index (χ3v) is 26.0. The minimum atomic E-state index is -1.77. The standard InChI is InChI=1S/C121H124O21/c1-123-118-114(132-80-95-60-32-10-33-61-95)111(129-77-92-54-26-7-27-55-92)108(127-75-90-50-22-5-23-51-90)103(139-118)84-135-117-105(122)110(142-120-116(134-82-97-64-36-12-37-65-97)113(131-79-94-58-30-9-31-59-94)107(126-74-89-48-20-4-21-49-89)101(141-120)83-124-72-87-44-16-2-17-45-87)106(125-73-88-46-18-3-19-47-88)102(138-117)85-136-119-115(133-81-96-62-34-11-35-63-96)112(130-78-93-56-28-8-29-57-93)109(128-76-91-52-24-6-25-53-91)104(140-119)86-137-121(98-66-38-13-39-67-98,99-68-40-14-41-69-99)100-70-42-15-43-71-100/h2-71,101-120,122H,72-86H2,1H3/t101-,102-,103-,104-,105-,106-,107-,108-,109-,110-,111+,112+,113+,114-,115-,116-,117-,118+,119-,120+/m1/s1. The van der Waals surface area contributed by atoms with E-state index in [0.717, 1.165) is 77.9 Å². The third kappa shape index (κ3) is 27.2. The number of aliphatic hydroxyl groups is 1. The fourth-order valence-electron chi connectivity index (χ4n) is 18.7. The molecule has 18 rings (SSSR count). The van der Waals surface area contributed by atoms with Gasteiger partial charge in [0.2, 0.25) is 0 Å². The van der Waals surface area contributed by atoms with E-state index in [2.05, 4.69) is 36.4 Å². The van der Waals surface area contributed by atoms with Crippen molar-refractivity contribution in [2.24, 2.45) is 0 Å². The van der Waals surface area contributed by atoms with Gasteiger partial charge in [-0.15, -0.1) is 0 Å². The lowest BCUT2D eigenvalue weighted by Gasteiger charge is -2.50. The van der Waals surface area contributed by atoms with E-state index >= 15 is 0 Å². The van der Waals surface area contributed by atoms with Crippen molar-refractivity contribution < 1.29 is 99.8 Å². The van der Waals surface area contributed by atoms with Crippen molar-refractivity contribution in [3.8, 4) is 0 Å². The predicted octanol–water partition coefficient (Wildman–Crippen LogP) is 20.4. The molecule has 14 aromatic rings. The first-order chi connectivity index (χ1) is 70.3. The van der Waals surface area contributed by atoms with Crippen LogP contribution in [0.1, 0.15) is 77.9 Å². The van der Waals surface area contributed by atoms with Crippen molar-refractivity contribution in [3.63, 3.8) is 0 Å². The summed E-state index contributed by atoms with van der Waals surface area (Å²) in [5.74, 6) is 0. The van der Waals surface area contributed by atoms with E-state index in [1.54, 1.807) is 7.11 Å². The Bertz CT molecular complexity index is 5770. The Morgan fingerprint density at radius 2 is 0.401 bits per heavy atom. The average molecular weight is 1910 g/mol. The molecule has 0 amide bonds. The van der Waals surface area contributed by atoms with Gasteiger partial charge in [0.15, 0.2) is 25.2 Å². The summed E-state index contributed by atoms with van der Waals surface area (Å²) in [6.07, 6.45) is -23.2. The zero-order valence-corrected chi connectivity index (χ0v) is 79.7. The van der Waals surface area contributed by atoms with Crippen LogP contribution in [0.2, 0.25) is 0 Å². The molecule has 4 aliphatic rings. The predicted molar refractivity (Wildman–Crippen MR) is 536 cm³/mol. The summed E-state index contributed by atoms with van der Waals surface area (Å²) in [5, 5.41) is 14.4. The van der Waals surface area contributed by atoms with Gasteiger partial charge in [-0.3, -0.25) is 0 Å². The summed E-state index contributed by atoms with van der Waals surface area (Å²) in [7, 11) is 1.57. The Morgan fingerprint density at radius 1 is 0.197 bits per heavy atom. The maximum atomic E-state index is 14.4. The number of aliphatic hydroxyl groups excluding tert-OH is 1. The van der Waals surface area contributed by atoms with Crippen molar-refractivity contribution in [1.29, 1.82) is 0 Å². The summed E-state index contributed by atoms with van der Waals surface area (Å²) in [4.78, 5) is 0. The molecule has 0 bridgehead atoms. The quantitative estimate of drug-likeness (QED) is 0.0352. The van der Waals surface area contributed by atoms with Crippen LogP contribution in [-0.2, 0) is 173 Å². The Hall–Kier alpha value is -11.8. The second kappa shape index (κ2) is 52.5. The fraction of sp³-hybridized carbons (Fsp3) is 0.306. The van der Waals surface area contributed by atoms with Crippen LogP contribution in [0.25, 0.3) is 0 Å².